The van der Waals surface area contributed by atoms with Gasteiger partial charge in [-0.25, -0.2) is 19.0 Å². The highest BCUT2D eigenvalue weighted by molar-refractivity contribution is 5.91. The summed E-state index contributed by atoms with van der Waals surface area (Å²) in [6, 6.07) is 10.3. The number of likely N-dealkylation sites (N-methyl/N-ethyl adjacent to an activating group) is 1. The Morgan fingerprint density at radius 1 is 1.16 bits per heavy atom. The Balaban J connectivity index is 1.24. The molecule has 1 fully saturated rings. The molecule has 0 bridgehead atoms. The van der Waals surface area contributed by atoms with Gasteiger partial charge in [-0.05, 0) is 43.3 Å². The van der Waals surface area contributed by atoms with Gasteiger partial charge in [0.2, 0.25) is 5.91 Å². The van der Waals surface area contributed by atoms with Crippen molar-refractivity contribution in [1.82, 2.24) is 34.8 Å². The van der Waals surface area contributed by atoms with Gasteiger partial charge in [-0.3, -0.25) is 4.79 Å². The summed E-state index contributed by atoms with van der Waals surface area (Å²) in [6.45, 7) is 6.06. The summed E-state index contributed by atoms with van der Waals surface area (Å²) in [5.41, 5.74) is 6.66. The van der Waals surface area contributed by atoms with Crippen LogP contribution in [0.25, 0.3) is 10.9 Å². The SMILES string of the molecule is CN1CCN(CCCOc2ccc3c(Nc4cn(C(C(N)=O)c5cccc(F)c5)nn4)ncnc3c2)CC1. The number of rotatable bonds is 10. The molecule has 4 aromatic rings. The fraction of sp³-hybridized carbons (Fsp3) is 0.346. The Morgan fingerprint density at radius 3 is 2.79 bits per heavy atom. The highest BCUT2D eigenvalue weighted by Gasteiger charge is 2.22. The third kappa shape index (κ3) is 6.03. The van der Waals surface area contributed by atoms with Crippen LogP contribution in [-0.2, 0) is 4.79 Å². The molecule has 3 heterocycles. The van der Waals surface area contributed by atoms with E-state index in [2.05, 4.69) is 42.4 Å². The van der Waals surface area contributed by atoms with Crippen LogP contribution in [0.1, 0.15) is 18.0 Å². The zero-order valence-electron chi connectivity index (χ0n) is 21.1. The van der Waals surface area contributed by atoms with Crippen LogP contribution < -0.4 is 15.8 Å². The van der Waals surface area contributed by atoms with Gasteiger partial charge in [-0.2, -0.15) is 0 Å². The molecule has 1 saturated heterocycles. The molecule has 1 atom stereocenters. The van der Waals surface area contributed by atoms with Gasteiger partial charge >= 0.3 is 0 Å². The molecule has 0 aliphatic carbocycles. The number of nitrogens with two attached hydrogens (primary N) is 1. The number of nitrogens with one attached hydrogen (secondary N) is 1. The fourth-order valence-electron chi connectivity index (χ4n) is 4.48. The second-order valence-electron chi connectivity index (χ2n) is 9.32. The minimum atomic E-state index is -1.01. The van der Waals surface area contributed by atoms with Crippen LogP contribution in [0.2, 0.25) is 0 Å². The highest BCUT2D eigenvalue weighted by atomic mass is 19.1. The van der Waals surface area contributed by atoms with Gasteiger partial charge in [-0.15, -0.1) is 5.10 Å². The maximum absolute atomic E-state index is 13.7. The predicted molar refractivity (Wildman–Crippen MR) is 141 cm³/mol. The van der Waals surface area contributed by atoms with Crippen molar-refractivity contribution in [3.8, 4) is 5.75 Å². The summed E-state index contributed by atoms with van der Waals surface area (Å²) in [5, 5.41) is 12.0. The summed E-state index contributed by atoms with van der Waals surface area (Å²) < 4.78 is 21.0. The van der Waals surface area contributed by atoms with E-state index in [0.717, 1.165) is 50.3 Å². The summed E-state index contributed by atoms with van der Waals surface area (Å²) in [5.74, 6) is 0.446. The lowest BCUT2D eigenvalue weighted by Gasteiger charge is -2.32. The number of anilines is 2. The van der Waals surface area contributed by atoms with Crippen LogP contribution in [-0.4, -0.2) is 87.0 Å². The Labute approximate surface area is 219 Å². The van der Waals surface area contributed by atoms with E-state index in [-0.39, 0.29) is 0 Å². The number of nitrogens with zero attached hydrogens (tertiary/aromatic N) is 7. The molecule has 0 saturated carbocycles. The number of hydrogen-bond acceptors (Lipinski definition) is 9. The Bertz CT molecular complexity index is 1400. The summed E-state index contributed by atoms with van der Waals surface area (Å²) in [6.07, 6.45) is 3.92. The second kappa shape index (κ2) is 11.5. The Morgan fingerprint density at radius 2 is 2.00 bits per heavy atom. The van der Waals surface area contributed by atoms with Gasteiger partial charge in [-0.1, -0.05) is 17.3 Å². The lowest BCUT2D eigenvalue weighted by Crippen LogP contribution is -2.44. The lowest BCUT2D eigenvalue weighted by atomic mass is 10.1. The average molecular weight is 520 g/mol. The van der Waals surface area contributed by atoms with Crippen LogP contribution in [0, 0.1) is 5.82 Å². The standard InChI is InChI=1S/C26H30FN9O2/c1-34-9-11-35(12-10-34)8-3-13-38-20-6-7-21-22(15-20)29-17-30-26(21)31-23-16-36(33-32-23)24(25(28)37)18-4-2-5-19(27)14-18/h2,4-7,14-17,24H,3,8-13H2,1H3,(H2,28,37)(H,29,30,31). The molecule has 5 rings (SSSR count). The molecule has 0 spiro atoms. The van der Waals surface area contributed by atoms with E-state index in [1.165, 1.54) is 35.4 Å². The molecule has 12 heteroatoms. The number of carbonyl (C=O) groups excluding carboxylic acids is 1. The Hall–Kier alpha value is -4.16. The topological polar surface area (TPSA) is 127 Å². The molecule has 38 heavy (non-hydrogen) atoms. The number of carbonyl (C=O) groups is 1. The number of fused-ring (bicyclic) bond motifs is 1. The van der Waals surface area contributed by atoms with Gasteiger partial charge in [0.25, 0.3) is 0 Å². The van der Waals surface area contributed by atoms with E-state index >= 15 is 0 Å². The van der Waals surface area contributed by atoms with Gasteiger partial charge in [0, 0.05) is 44.2 Å². The van der Waals surface area contributed by atoms with Crippen molar-refractivity contribution in [3.63, 3.8) is 0 Å². The van der Waals surface area contributed by atoms with Crippen LogP contribution in [0.15, 0.2) is 55.0 Å². The van der Waals surface area contributed by atoms with Crippen molar-refractivity contribution in [2.45, 2.75) is 12.5 Å². The summed E-state index contributed by atoms with van der Waals surface area (Å²) >= 11 is 0. The number of aromatic nitrogens is 5. The molecule has 1 aliphatic heterocycles. The molecule has 1 aliphatic rings. The van der Waals surface area contributed by atoms with E-state index in [1.807, 2.05) is 18.2 Å². The molecular weight excluding hydrogens is 489 g/mol. The fourth-order valence-corrected chi connectivity index (χ4v) is 4.48. The maximum atomic E-state index is 13.7. The lowest BCUT2D eigenvalue weighted by molar-refractivity contribution is -0.120. The molecule has 11 nitrogen and oxygen atoms in total. The third-order valence-corrected chi connectivity index (χ3v) is 6.55. The number of benzene rings is 2. The number of piperazine rings is 1. The molecule has 3 N–H and O–H groups in total. The van der Waals surface area contributed by atoms with Crippen molar-refractivity contribution < 1.29 is 13.9 Å². The van der Waals surface area contributed by atoms with Crippen molar-refractivity contribution in [2.75, 3.05) is 51.7 Å². The average Bonchev–Trinajstić information content (AvgIpc) is 3.35. The van der Waals surface area contributed by atoms with Crippen LogP contribution in [0.3, 0.4) is 0 Å². The van der Waals surface area contributed by atoms with Gasteiger partial charge < -0.3 is 25.6 Å². The van der Waals surface area contributed by atoms with E-state index in [9.17, 15) is 9.18 Å². The van der Waals surface area contributed by atoms with E-state index in [4.69, 9.17) is 10.5 Å². The van der Waals surface area contributed by atoms with Crippen molar-refractivity contribution in [2.24, 2.45) is 5.73 Å². The number of hydrogen-bond donors (Lipinski definition) is 2. The second-order valence-corrected chi connectivity index (χ2v) is 9.32. The zero-order valence-corrected chi connectivity index (χ0v) is 21.1. The van der Waals surface area contributed by atoms with Crippen molar-refractivity contribution in [3.05, 3.63) is 66.4 Å². The molecule has 2 aromatic heterocycles. The van der Waals surface area contributed by atoms with E-state index in [0.29, 0.717) is 29.3 Å². The normalized spacial score (nSPS) is 15.4. The maximum Gasteiger partial charge on any atom is 0.246 e. The first kappa shape index (κ1) is 25.5. The minimum Gasteiger partial charge on any atom is -0.493 e. The first-order valence-electron chi connectivity index (χ1n) is 12.5. The number of primary amides is 1. The molecule has 2 aromatic carbocycles. The smallest absolute Gasteiger partial charge is 0.246 e. The summed E-state index contributed by atoms with van der Waals surface area (Å²) in [4.78, 5) is 25.6. The third-order valence-electron chi connectivity index (χ3n) is 6.55. The molecule has 1 amide bonds. The number of halogens is 1. The molecular formula is C26H30FN9O2. The molecule has 1 unspecified atom stereocenters. The summed E-state index contributed by atoms with van der Waals surface area (Å²) in [7, 11) is 2.16. The monoisotopic (exact) mass is 519 g/mol. The Kier molecular flexibility index (Phi) is 7.70. The van der Waals surface area contributed by atoms with Gasteiger partial charge in [0.05, 0.1) is 18.3 Å². The van der Waals surface area contributed by atoms with E-state index < -0.39 is 17.8 Å². The highest BCUT2D eigenvalue weighted by Crippen LogP contribution is 2.26. The largest absolute Gasteiger partial charge is 0.493 e. The molecule has 198 valence electrons. The number of ether oxygens (including phenoxy) is 1. The van der Waals surface area contributed by atoms with Gasteiger partial charge in [0.1, 0.15) is 23.7 Å². The minimum absolute atomic E-state index is 0.344. The van der Waals surface area contributed by atoms with Crippen LogP contribution in [0.5, 0.6) is 5.75 Å². The predicted octanol–water partition coefficient (Wildman–Crippen LogP) is 2.19. The van der Waals surface area contributed by atoms with Crippen LogP contribution in [0.4, 0.5) is 16.0 Å². The van der Waals surface area contributed by atoms with Crippen molar-refractivity contribution >= 4 is 28.4 Å². The zero-order chi connectivity index (χ0) is 26.5. The van der Waals surface area contributed by atoms with E-state index in [1.54, 1.807) is 6.07 Å². The van der Waals surface area contributed by atoms with Crippen LogP contribution >= 0.6 is 0 Å². The first-order chi connectivity index (χ1) is 18.5. The number of amides is 1. The van der Waals surface area contributed by atoms with Gasteiger partial charge in [0.15, 0.2) is 11.9 Å². The first-order valence-corrected chi connectivity index (χ1v) is 12.5. The quantitative estimate of drug-likeness (QED) is 0.303. The molecule has 0 radical (unpaired) electrons. The van der Waals surface area contributed by atoms with Crippen molar-refractivity contribution in [1.29, 1.82) is 0 Å².